The standard InChI is InChI=1S/C22H29NO4/c1-21(2,3)15-12-17(20(27-7)18(13-15)22(4,5)6)19(24)14-8-10-16(11-9-14)23(25)26/h8-13,23,25H,1-7H3. The molecule has 146 valence electrons. The van der Waals surface area contributed by atoms with E-state index in [0.717, 1.165) is 11.1 Å². The Morgan fingerprint density at radius 2 is 1.56 bits per heavy atom. The Bertz CT molecular complexity index is 825. The summed E-state index contributed by atoms with van der Waals surface area (Å²) in [5.41, 5.74) is 2.78. The number of methoxy groups -OCH3 is 1. The fraction of sp³-hybridized carbons (Fsp3) is 0.409. The third kappa shape index (κ3) is 4.56. The molecule has 0 aliphatic rings. The SMILES string of the molecule is COc1c(C(=O)c2ccc([NH+]([O-])O)cc2)cc(C(C)(C)C)cc1C(C)(C)C. The van der Waals surface area contributed by atoms with Crippen molar-refractivity contribution in [2.45, 2.75) is 52.4 Å². The predicted octanol–water partition coefficient (Wildman–Crippen LogP) is 3.92. The molecule has 2 aromatic carbocycles. The van der Waals surface area contributed by atoms with E-state index in [0.29, 0.717) is 16.9 Å². The van der Waals surface area contributed by atoms with Crippen LogP contribution < -0.4 is 9.96 Å². The van der Waals surface area contributed by atoms with Crippen LogP contribution in [0.1, 0.15) is 68.6 Å². The van der Waals surface area contributed by atoms with Crippen LogP contribution >= 0.6 is 0 Å². The summed E-state index contributed by atoms with van der Waals surface area (Å²) in [7, 11) is 1.58. The predicted molar refractivity (Wildman–Crippen MR) is 106 cm³/mol. The van der Waals surface area contributed by atoms with Crippen molar-refractivity contribution in [2.75, 3.05) is 7.11 Å². The lowest BCUT2D eigenvalue weighted by Crippen LogP contribution is -2.99. The number of rotatable bonds is 4. The van der Waals surface area contributed by atoms with Gasteiger partial charge in [-0.2, -0.15) is 5.23 Å². The molecule has 2 aromatic rings. The van der Waals surface area contributed by atoms with Gasteiger partial charge in [0.1, 0.15) is 5.75 Å². The van der Waals surface area contributed by atoms with Gasteiger partial charge >= 0.3 is 0 Å². The summed E-state index contributed by atoms with van der Waals surface area (Å²) in [4.78, 5) is 13.2. The van der Waals surface area contributed by atoms with Crippen LogP contribution in [-0.2, 0) is 10.8 Å². The van der Waals surface area contributed by atoms with E-state index in [1.54, 1.807) is 19.2 Å². The van der Waals surface area contributed by atoms with Crippen molar-refractivity contribution in [2.24, 2.45) is 0 Å². The van der Waals surface area contributed by atoms with Gasteiger partial charge in [-0.25, -0.2) is 5.21 Å². The number of carbonyl (C=O) groups is 1. The van der Waals surface area contributed by atoms with Crippen LogP contribution in [-0.4, -0.2) is 18.1 Å². The molecule has 0 radical (unpaired) electrons. The largest absolute Gasteiger partial charge is 0.595 e. The average molecular weight is 371 g/mol. The van der Waals surface area contributed by atoms with Gasteiger partial charge in [-0.05, 0) is 34.6 Å². The molecule has 1 unspecified atom stereocenters. The number of ether oxygens (including phenoxy) is 1. The van der Waals surface area contributed by atoms with Gasteiger partial charge in [0.05, 0.1) is 12.7 Å². The lowest BCUT2D eigenvalue weighted by molar-refractivity contribution is -0.991. The molecular weight excluding hydrogens is 342 g/mol. The van der Waals surface area contributed by atoms with Crippen molar-refractivity contribution in [1.29, 1.82) is 0 Å². The van der Waals surface area contributed by atoms with Crippen molar-refractivity contribution in [3.8, 4) is 5.75 Å². The number of carbonyl (C=O) groups excluding carboxylic acids is 1. The number of hydrogen-bond acceptors (Lipinski definition) is 4. The minimum Gasteiger partial charge on any atom is -0.595 e. The zero-order valence-electron chi connectivity index (χ0n) is 17.1. The Hall–Kier alpha value is -2.21. The first-order chi connectivity index (χ1) is 12.4. The van der Waals surface area contributed by atoms with Gasteiger partial charge in [0, 0.05) is 23.3 Å². The maximum absolute atomic E-state index is 13.2. The summed E-state index contributed by atoms with van der Waals surface area (Å²) in [6, 6.07) is 9.99. The van der Waals surface area contributed by atoms with Crippen LogP contribution in [0.3, 0.4) is 0 Å². The van der Waals surface area contributed by atoms with Crippen LogP contribution in [0.5, 0.6) is 5.75 Å². The van der Waals surface area contributed by atoms with E-state index in [-0.39, 0.29) is 22.3 Å². The number of nitrogens with one attached hydrogen (secondary N) is 1. The first-order valence-electron chi connectivity index (χ1n) is 8.97. The summed E-state index contributed by atoms with van der Waals surface area (Å²) < 4.78 is 5.66. The van der Waals surface area contributed by atoms with Crippen LogP contribution in [0.2, 0.25) is 0 Å². The van der Waals surface area contributed by atoms with Gasteiger partial charge in [-0.15, -0.1) is 0 Å². The van der Waals surface area contributed by atoms with Crippen molar-refractivity contribution >= 4 is 11.5 Å². The highest BCUT2D eigenvalue weighted by Crippen LogP contribution is 2.39. The first kappa shape index (κ1) is 21.1. The Labute approximate surface area is 161 Å². The van der Waals surface area contributed by atoms with Crippen LogP contribution in [0, 0.1) is 5.21 Å². The van der Waals surface area contributed by atoms with Crippen molar-refractivity contribution in [3.63, 3.8) is 0 Å². The smallest absolute Gasteiger partial charge is 0.196 e. The summed E-state index contributed by atoms with van der Waals surface area (Å²) in [5.74, 6) is 0.392. The maximum atomic E-state index is 13.2. The van der Waals surface area contributed by atoms with E-state index in [9.17, 15) is 10.0 Å². The highest BCUT2D eigenvalue weighted by atomic mass is 16.8. The molecule has 27 heavy (non-hydrogen) atoms. The highest BCUT2D eigenvalue weighted by molar-refractivity contribution is 6.11. The normalized spacial score (nSPS) is 13.4. The van der Waals surface area contributed by atoms with Gasteiger partial charge < -0.3 is 9.94 Å². The summed E-state index contributed by atoms with van der Waals surface area (Å²) in [6.45, 7) is 12.6. The van der Waals surface area contributed by atoms with Crippen LogP contribution in [0.25, 0.3) is 0 Å². The molecule has 0 saturated heterocycles. The molecule has 0 aliphatic carbocycles. The minimum absolute atomic E-state index is 0.130. The monoisotopic (exact) mass is 371 g/mol. The molecule has 5 heteroatoms. The second-order valence-electron chi connectivity index (χ2n) is 8.82. The van der Waals surface area contributed by atoms with E-state index in [1.165, 1.54) is 12.1 Å². The van der Waals surface area contributed by atoms with Gasteiger partial charge in [0.15, 0.2) is 11.5 Å². The molecule has 0 fully saturated rings. The Morgan fingerprint density at radius 1 is 1.00 bits per heavy atom. The fourth-order valence-corrected chi connectivity index (χ4v) is 2.93. The summed E-state index contributed by atoms with van der Waals surface area (Å²) in [6.07, 6.45) is 0. The Balaban J connectivity index is 2.68. The van der Waals surface area contributed by atoms with Gasteiger partial charge in [0.2, 0.25) is 0 Å². The number of hydrogen-bond donors (Lipinski definition) is 2. The average Bonchev–Trinajstić information content (AvgIpc) is 2.58. The summed E-state index contributed by atoms with van der Waals surface area (Å²) >= 11 is 0. The van der Waals surface area contributed by atoms with E-state index < -0.39 is 5.23 Å². The van der Waals surface area contributed by atoms with Crippen LogP contribution in [0.15, 0.2) is 36.4 Å². The van der Waals surface area contributed by atoms with Gasteiger partial charge in [-0.1, -0.05) is 47.6 Å². The Kier molecular flexibility index (Phi) is 5.80. The molecule has 0 bridgehead atoms. The van der Waals surface area contributed by atoms with E-state index in [4.69, 9.17) is 9.94 Å². The lowest BCUT2D eigenvalue weighted by atomic mass is 9.78. The topological polar surface area (TPSA) is 74.0 Å². The molecule has 0 aromatic heterocycles. The molecule has 0 saturated carbocycles. The Morgan fingerprint density at radius 3 is 1.96 bits per heavy atom. The van der Waals surface area contributed by atoms with Crippen LogP contribution in [0.4, 0.5) is 5.69 Å². The minimum atomic E-state index is -1.02. The maximum Gasteiger partial charge on any atom is 0.196 e. The molecule has 0 heterocycles. The van der Waals surface area contributed by atoms with Crippen molar-refractivity contribution in [3.05, 3.63) is 63.9 Å². The fourth-order valence-electron chi connectivity index (χ4n) is 2.93. The number of benzene rings is 2. The summed E-state index contributed by atoms with van der Waals surface area (Å²) in [5, 5.41) is 19.1. The number of quaternary nitrogens is 1. The molecule has 1 atom stereocenters. The first-order valence-corrected chi connectivity index (χ1v) is 8.97. The second-order valence-corrected chi connectivity index (χ2v) is 8.82. The molecule has 0 spiro atoms. The second kappa shape index (κ2) is 7.43. The molecule has 2 rings (SSSR count). The molecule has 0 aliphatic heterocycles. The van der Waals surface area contributed by atoms with Gasteiger partial charge in [0.25, 0.3) is 0 Å². The lowest BCUT2D eigenvalue weighted by Gasteiger charge is -2.28. The van der Waals surface area contributed by atoms with Gasteiger partial charge in [-0.3, -0.25) is 4.79 Å². The van der Waals surface area contributed by atoms with E-state index in [1.807, 2.05) is 6.07 Å². The van der Waals surface area contributed by atoms with E-state index in [2.05, 4.69) is 47.6 Å². The zero-order valence-corrected chi connectivity index (χ0v) is 17.1. The number of ketones is 1. The van der Waals surface area contributed by atoms with Crippen molar-refractivity contribution in [1.82, 2.24) is 0 Å². The third-order valence-corrected chi connectivity index (χ3v) is 4.61. The van der Waals surface area contributed by atoms with Crippen molar-refractivity contribution < 1.29 is 20.0 Å². The van der Waals surface area contributed by atoms with E-state index >= 15 is 0 Å². The quantitative estimate of drug-likeness (QED) is 0.631. The third-order valence-electron chi connectivity index (χ3n) is 4.61. The highest BCUT2D eigenvalue weighted by Gasteiger charge is 2.28. The molecule has 2 N–H and O–H groups in total. The molecule has 0 amide bonds. The zero-order chi connectivity index (χ0) is 20.6. The molecular formula is C22H29NO4. The molecule has 5 nitrogen and oxygen atoms in total.